The Kier molecular flexibility index (Phi) is 1.77. The first kappa shape index (κ1) is 8.18. The van der Waals surface area contributed by atoms with Gasteiger partial charge >= 0.3 is 0 Å². The highest BCUT2D eigenvalue weighted by Gasteiger charge is 2.50. The van der Waals surface area contributed by atoms with Crippen molar-refractivity contribution in [2.75, 3.05) is 6.61 Å². The van der Waals surface area contributed by atoms with Gasteiger partial charge in [-0.05, 0) is 0 Å². The first-order chi connectivity index (χ1) is 6.24. The standard InChI is InChI=1S/C7H8N2O4/c10-2-1-3-4-5(13-9-3)7(12)8-6(4)11/h4-5,10H,1-2H2,(H,8,11,12). The van der Waals surface area contributed by atoms with Crippen LogP contribution in [-0.4, -0.2) is 35.3 Å². The lowest BCUT2D eigenvalue weighted by Gasteiger charge is -2.02. The predicted octanol–water partition coefficient (Wildman–Crippen LogP) is -1.60. The number of aliphatic hydroxyl groups excluding tert-OH is 1. The molecular formula is C7H8N2O4. The lowest BCUT2D eigenvalue weighted by molar-refractivity contribution is -0.129. The molecular weight excluding hydrogens is 176 g/mol. The summed E-state index contributed by atoms with van der Waals surface area (Å²) < 4.78 is 0. The van der Waals surface area contributed by atoms with Crippen molar-refractivity contribution >= 4 is 17.5 Å². The third-order valence-electron chi connectivity index (χ3n) is 2.10. The monoisotopic (exact) mass is 184 g/mol. The molecule has 0 aromatic heterocycles. The smallest absolute Gasteiger partial charge is 0.271 e. The molecule has 6 nitrogen and oxygen atoms in total. The van der Waals surface area contributed by atoms with Gasteiger partial charge in [0, 0.05) is 13.0 Å². The zero-order chi connectivity index (χ0) is 9.42. The van der Waals surface area contributed by atoms with Crippen molar-refractivity contribution in [3.05, 3.63) is 0 Å². The number of hydrogen-bond acceptors (Lipinski definition) is 5. The number of nitrogens with one attached hydrogen (secondary N) is 1. The fraction of sp³-hybridized carbons (Fsp3) is 0.571. The number of fused-ring (bicyclic) bond motifs is 1. The molecule has 1 fully saturated rings. The molecule has 2 amide bonds. The molecule has 2 N–H and O–H groups in total. The minimum Gasteiger partial charge on any atom is -0.396 e. The Morgan fingerprint density at radius 3 is 2.92 bits per heavy atom. The molecule has 2 rings (SSSR count). The zero-order valence-electron chi connectivity index (χ0n) is 6.69. The minimum atomic E-state index is -0.811. The summed E-state index contributed by atoms with van der Waals surface area (Å²) in [7, 11) is 0. The van der Waals surface area contributed by atoms with E-state index in [2.05, 4.69) is 10.5 Å². The molecule has 70 valence electrons. The number of nitrogens with zero attached hydrogens (tertiary/aromatic N) is 1. The normalized spacial score (nSPS) is 31.0. The maximum Gasteiger partial charge on any atom is 0.271 e. The number of imide groups is 1. The Balaban J connectivity index is 2.19. The molecule has 0 aliphatic carbocycles. The SMILES string of the molecule is O=C1NC(=O)C2C(CCO)=NOC12. The van der Waals surface area contributed by atoms with Crippen LogP contribution in [0.3, 0.4) is 0 Å². The second-order valence-electron chi connectivity index (χ2n) is 2.91. The first-order valence-electron chi connectivity index (χ1n) is 3.92. The van der Waals surface area contributed by atoms with Crippen LogP contribution in [0.2, 0.25) is 0 Å². The summed E-state index contributed by atoms with van der Waals surface area (Å²) in [5, 5.41) is 14.4. The Morgan fingerprint density at radius 2 is 2.23 bits per heavy atom. The summed E-state index contributed by atoms with van der Waals surface area (Å²) in [4.78, 5) is 27.0. The fourth-order valence-electron chi connectivity index (χ4n) is 1.49. The number of rotatable bonds is 2. The van der Waals surface area contributed by atoms with E-state index < -0.39 is 17.9 Å². The van der Waals surface area contributed by atoms with E-state index in [-0.39, 0.29) is 18.9 Å². The summed E-state index contributed by atoms with van der Waals surface area (Å²) >= 11 is 0. The summed E-state index contributed by atoms with van der Waals surface area (Å²) in [6, 6.07) is 0. The molecule has 2 atom stereocenters. The van der Waals surface area contributed by atoms with E-state index in [1.54, 1.807) is 0 Å². The van der Waals surface area contributed by atoms with Gasteiger partial charge in [-0.1, -0.05) is 5.16 Å². The molecule has 2 aliphatic rings. The van der Waals surface area contributed by atoms with Crippen molar-refractivity contribution in [2.24, 2.45) is 11.1 Å². The highest BCUT2D eigenvalue weighted by Crippen LogP contribution is 2.25. The maximum absolute atomic E-state index is 11.2. The number of aliphatic hydroxyl groups is 1. The van der Waals surface area contributed by atoms with Gasteiger partial charge in [0.15, 0.2) is 0 Å². The highest BCUT2D eigenvalue weighted by atomic mass is 16.6. The Bertz CT molecular complexity index is 299. The Morgan fingerprint density at radius 1 is 1.46 bits per heavy atom. The summed E-state index contributed by atoms with van der Waals surface area (Å²) in [6.07, 6.45) is -0.545. The Labute approximate surface area is 73.5 Å². The van der Waals surface area contributed by atoms with Crippen LogP contribution in [-0.2, 0) is 14.4 Å². The van der Waals surface area contributed by atoms with Crippen LogP contribution >= 0.6 is 0 Å². The molecule has 0 saturated carbocycles. The van der Waals surface area contributed by atoms with E-state index in [1.165, 1.54) is 0 Å². The molecule has 2 unspecified atom stereocenters. The third-order valence-corrected chi connectivity index (χ3v) is 2.10. The van der Waals surface area contributed by atoms with Gasteiger partial charge in [-0.15, -0.1) is 0 Å². The maximum atomic E-state index is 11.2. The topological polar surface area (TPSA) is 88.0 Å². The predicted molar refractivity (Wildman–Crippen MR) is 40.7 cm³/mol. The van der Waals surface area contributed by atoms with Gasteiger partial charge in [-0.2, -0.15) is 0 Å². The van der Waals surface area contributed by atoms with Crippen molar-refractivity contribution in [3.8, 4) is 0 Å². The molecule has 6 heteroatoms. The van der Waals surface area contributed by atoms with Gasteiger partial charge in [-0.25, -0.2) is 0 Å². The van der Waals surface area contributed by atoms with Crippen LogP contribution in [0, 0.1) is 5.92 Å². The molecule has 0 aromatic rings. The van der Waals surface area contributed by atoms with Crippen molar-refractivity contribution in [2.45, 2.75) is 12.5 Å². The Hall–Kier alpha value is -1.43. The fourth-order valence-corrected chi connectivity index (χ4v) is 1.49. The number of hydrogen-bond donors (Lipinski definition) is 2. The van der Waals surface area contributed by atoms with Crippen LogP contribution in [0.1, 0.15) is 6.42 Å². The zero-order valence-corrected chi connectivity index (χ0v) is 6.69. The third kappa shape index (κ3) is 1.10. The average molecular weight is 184 g/mol. The average Bonchev–Trinajstić information content (AvgIpc) is 2.58. The first-order valence-corrected chi connectivity index (χ1v) is 3.92. The number of carbonyl (C=O) groups is 2. The van der Waals surface area contributed by atoms with E-state index >= 15 is 0 Å². The molecule has 0 radical (unpaired) electrons. The minimum absolute atomic E-state index is 0.104. The van der Waals surface area contributed by atoms with Crippen molar-refractivity contribution in [1.82, 2.24) is 5.32 Å². The lowest BCUT2D eigenvalue weighted by atomic mass is 9.98. The van der Waals surface area contributed by atoms with Crippen LogP contribution in [0.5, 0.6) is 0 Å². The highest BCUT2D eigenvalue weighted by molar-refractivity contribution is 6.18. The van der Waals surface area contributed by atoms with Crippen LogP contribution < -0.4 is 5.32 Å². The van der Waals surface area contributed by atoms with Crippen molar-refractivity contribution in [1.29, 1.82) is 0 Å². The van der Waals surface area contributed by atoms with Crippen LogP contribution in [0.25, 0.3) is 0 Å². The molecule has 2 aliphatic heterocycles. The number of carbonyl (C=O) groups excluding carboxylic acids is 2. The molecule has 2 heterocycles. The van der Waals surface area contributed by atoms with Crippen LogP contribution in [0.15, 0.2) is 5.16 Å². The van der Waals surface area contributed by atoms with E-state index in [0.29, 0.717) is 5.71 Å². The van der Waals surface area contributed by atoms with E-state index in [0.717, 1.165) is 0 Å². The van der Waals surface area contributed by atoms with Crippen molar-refractivity contribution in [3.63, 3.8) is 0 Å². The quantitative estimate of drug-likeness (QED) is 0.506. The molecule has 0 spiro atoms. The van der Waals surface area contributed by atoms with Gasteiger partial charge in [-0.3, -0.25) is 14.9 Å². The van der Waals surface area contributed by atoms with E-state index in [4.69, 9.17) is 9.94 Å². The van der Waals surface area contributed by atoms with Crippen molar-refractivity contribution < 1.29 is 19.5 Å². The van der Waals surface area contributed by atoms with Gasteiger partial charge in [0.05, 0.1) is 5.71 Å². The summed E-state index contributed by atoms with van der Waals surface area (Å²) in [5.74, 6) is -1.47. The molecule has 0 bridgehead atoms. The molecule has 13 heavy (non-hydrogen) atoms. The number of oxime groups is 1. The molecule has 0 aromatic carbocycles. The van der Waals surface area contributed by atoms with Gasteiger partial charge in [0.1, 0.15) is 5.92 Å². The largest absolute Gasteiger partial charge is 0.396 e. The van der Waals surface area contributed by atoms with Crippen LogP contribution in [0.4, 0.5) is 0 Å². The second-order valence-corrected chi connectivity index (χ2v) is 2.91. The van der Waals surface area contributed by atoms with Gasteiger partial charge in [0.2, 0.25) is 12.0 Å². The van der Waals surface area contributed by atoms with Gasteiger partial charge < -0.3 is 9.94 Å². The molecule has 1 saturated heterocycles. The van der Waals surface area contributed by atoms with Gasteiger partial charge in [0.25, 0.3) is 5.91 Å². The number of amides is 2. The second kappa shape index (κ2) is 2.81. The lowest BCUT2D eigenvalue weighted by Crippen LogP contribution is -2.26. The summed E-state index contributed by atoms with van der Waals surface area (Å²) in [5.41, 5.74) is 0.441. The summed E-state index contributed by atoms with van der Waals surface area (Å²) in [6.45, 7) is -0.104. The van der Waals surface area contributed by atoms with E-state index in [1.807, 2.05) is 0 Å². The van der Waals surface area contributed by atoms with E-state index in [9.17, 15) is 9.59 Å².